The zero-order chi connectivity index (χ0) is 11.6. The minimum absolute atomic E-state index is 0.482. The van der Waals surface area contributed by atoms with Gasteiger partial charge >= 0.3 is 0 Å². The minimum Gasteiger partial charge on any atom is -0.370 e. The van der Waals surface area contributed by atoms with E-state index in [1.54, 1.807) is 12.3 Å². The Bertz CT molecular complexity index is 396. The van der Waals surface area contributed by atoms with Crippen molar-refractivity contribution in [3.05, 3.63) is 23.9 Å². The van der Waals surface area contributed by atoms with Crippen LogP contribution in [0.4, 0.5) is 5.82 Å². The lowest BCUT2D eigenvalue weighted by molar-refractivity contribution is 0.380. The Kier molecular flexibility index (Phi) is 2.82. The number of nitriles is 1. The van der Waals surface area contributed by atoms with Crippen molar-refractivity contribution >= 4 is 5.82 Å². The van der Waals surface area contributed by atoms with Gasteiger partial charge in [-0.15, -0.1) is 0 Å². The van der Waals surface area contributed by atoms with Gasteiger partial charge in [0.1, 0.15) is 11.9 Å². The summed E-state index contributed by atoms with van der Waals surface area (Å²) >= 11 is 0. The number of nitrogens with one attached hydrogen (secondary N) is 1. The first kappa shape index (κ1) is 10.9. The number of hydrogen-bond donors (Lipinski definition) is 1. The fourth-order valence-corrected chi connectivity index (χ4v) is 1.95. The van der Waals surface area contributed by atoms with E-state index < -0.39 is 0 Å². The van der Waals surface area contributed by atoms with Crippen molar-refractivity contribution in [1.29, 1.82) is 5.26 Å². The molecule has 0 radical (unpaired) electrons. The summed E-state index contributed by atoms with van der Waals surface area (Å²) in [6.07, 6.45) is 4.24. The molecule has 3 nitrogen and oxygen atoms in total. The first-order valence-corrected chi connectivity index (χ1v) is 5.76. The van der Waals surface area contributed by atoms with Crippen LogP contribution in [0.5, 0.6) is 0 Å². The van der Waals surface area contributed by atoms with E-state index in [-0.39, 0.29) is 0 Å². The second-order valence-electron chi connectivity index (χ2n) is 4.91. The maximum atomic E-state index is 8.66. The summed E-state index contributed by atoms with van der Waals surface area (Å²) in [4.78, 5) is 4.21. The fourth-order valence-electron chi connectivity index (χ4n) is 1.95. The van der Waals surface area contributed by atoms with Crippen LogP contribution in [0, 0.1) is 22.7 Å². The van der Waals surface area contributed by atoms with E-state index in [0.717, 1.165) is 18.3 Å². The summed E-state index contributed by atoms with van der Waals surface area (Å²) in [5.41, 5.74) is 1.09. The molecule has 0 spiro atoms. The molecule has 1 saturated carbocycles. The zero-order valence-corrected chi connectivity index (χ0v) is 9.83. The Morgan fingerprint density at radius 1 is 1.50 bits per heavy atom. The van der Waals surface area contributed by atoms with E-state index in [2.05, 4.69) is 30.2 Å². The Morgan fingerprint density at radius 2 is 2.25 bits per heavy atom. The molecule has 1 aromatic heterocycles. The van der Waals surface area contributed by atoms with Crippen molar-refractivity contribution in [1.82, 2.24) is 4.98 Å². The summed E-state index contributed by atoms with van der Waals surface area (Å²) in [6.45, 7) is 5.55. The van der Waals surface area contributed by atoms with Gasteiger partial charge in [-0.3, -0.25) is 0 Å². The van der Waals surface area contributed by atoms with E-state index >= 15 is 0 Å². The molecule has 2 rings (SSSR count). The Labute approximate surface area is 96.5 Å². The topological polar surface area (TPSA) is 48.7 Å². The van der Waals surface area contributed by atoms with Crippen LogP contribution in [0.3, 0.4) is 0 Å². The Balaban J connectivity index is 1.93. The predicted octanol–water partition coefficient (Wildman–Crippen LogP) is 2.80. The molecule has 16 heavy (non-hydrogen) atoms. The number of anilines is 1. The fraction of sp³-hybridized carbons (Fsp3) is 0.538. The SMILES string of the molecule is CC(C)C1(CNc2ccc(C#N)cn2)CC1. The van der Waals surface area contributed by atoms with E-state index in [1.807, 2.05) is 6.07 Å². The summed E-state index contributed by atoms with van der Waals surface area (Å²) in [6, 6.07) is 5.73. The van der Waals surface area contributed by atoms with Gasteiger partial charge in [0.25, 0.3) is 0 Å². The monoisotopic (exact) mass is 215 g/mol. The Hall–Kier alpha value is -1.56. The molecule has 0 bridgehead atoms. The van der Waals surface area contributed by atoms with E-state index in [1.165, 1.54) is 12.8 Å². The van der Waals surface area contributed by atoms with Crippen molar-refractivity contribution in [3.8, 4) is 6.07 Å². The molecule has 0 atom stereocenters. The maximum absolute atomic E-state index is 8.66. The van der Waals surface area contributed by atoms with Crippen molar-refractivity contribution in [3.63, 3.8) is 0 Å². The third kappa shape index (κ3) is 2.16. The van der Waals surface area contributed by atoms with Gasteiger partial charge in [-0.05, 0) is 36.3 Å². The lowest BCUT2D eigenvalue weighted by Crippen LogP contribution is -2.21. The number of pyridine rings is 1. The van der Waals surface area contributed by atoms with Crippen LogP contribution in [0.15, 0.2) is 18.3 Å². The lowest BCUT2D eigenvalue weighted by atomic mass is 9.92. The average molecular weight is 215 g/mol. The molecule has 1 aliphatic rings. The van der Waals surface area contributed by atoms with Crippen LogP contribution >= 0.6 is 0 Å². The quantitative estimate of drug-likeness (QED) is 0.840. The van der Waals surface area contributed by atoms with E-state index in [9.17, 15) is 0 Å². The first-order chi connectivity index (χ1) is 7.66. The zero-order valence-electron chi connectivity index (χ0n) is 9.83. The van der Waals surface area contributed by atoms with Gasteiger partial charge in [-0.1, -0.05) is 13.8 Å². The smallest absolute Gasteiger partial charge is 0.125 e. The Morgan fingerprint density at radius 3 is 2.69 bits per heavy atom. The minimum atomic E-state index is 0.482. The molecule has 0 amide bonds. The van der Waals surface area contributed by atoms with Crippen LogP contribution in [0.2, 0.25) is 0 Å². The van der Waals surface area contributed by atoms with Crippen LogP contribution < -0.4 is 5.32 Å². The number of aromatic nitrogens is 1. The predicted molar refractivity (Wildman–Crippen MR) is 63.9 cm³/mol. The van der Waals surface area contributed by atoms with Gasteiger partial charge in [-0.25, -0.2) is 4.98 Å². The highest BCUT2D eigenvalue weighted by Gasteiger charge is 2.44. The molecule has 1 aromatic rings. The molecule has 1 heterocycles. The van der Waals surface area contributed by atoms with Gasteiger partial charge in [0.15, 0.2) is 0 Å². The molecule has 0 unspecified atom stereocenters. The standard InChI is InChI=1S/C13H17N3/c1-10(2)13(5-6-13)9-16-12-4-3-11(7-14)8-15-12/h3-4,8,10H,5-6,9H2,1-2H3,(H,15,16). The average Bonchev–Trinajstić information content (AvgIpc) is 3.08. The normalized spacial score (nSPS) is 16.9. The maximum Gasteiger partial charge on any atom is 0.125 e. The van der Waals surface area contributed by atoms with Crippen LogP contribution in [0.25, 0.3) is 0 Å². The number of rotatable bonds is 4. The van der Waals surface area contributed by atoms with Crippen LogP contribution in [-0.4, -0.2) is 11.5 Å². The van der Waals surface area contributed by atoms with Gasteiger partial charge in [0.2, 0.25) is 0 Å². The molecule has 1 aliphatic carbocycles. The largest absolute Gasteiger partial charge is 0.370 e. The molecule has 84 valence electrons. The summed E-state index contributed by atoms with van der Waals surface area (Å²) in [7, 11) is 0. The lowest BCUT2D eigenvalue weighted by Gasteiger charge is -2.20. The van der Waals surface area contributed by atoms with Gasteiger partial charge < -0.3 is 5.32 Å². The number of hydrogen-bond acceptors (Lipinski definition) is 3. The molecular weight excluding hydrogens is 198 g/mol. The molecule has 0 aromatic carbocycles. The highest BCUT2D eigenvalue weighted by molar-refractivity contribution is 5.39. The van der Waals surface area contributed by atoms with Crippen molar-refractivity contribution in [2.75, 3.05) is 11.9 Å². The number of nitrogens with zero attached hydrogens (tertiary/aromatic N) is 2. The van der Waals surface area contributed by atoms with E-state index in [0.29, 0.717) is 11.0 Å². The molecule has 1 N–H and O–H groups in total. The highest BCUT2D eigenvalue weighted by atomic mass is 15.0. The van der Waals surface area contributed by atoms with Crippen molar-refractivity contribution in [2.24, 2.45) is 11.3 Å². The third-order valence-electron chi connectivity index (χ3n) is 3.63. The molecule has 3 heteroatoms. The van der Waals surface area contributed by atoms with Gasteiger partial charge in [0, 0.05) is 12.7 Å². The van der Waals surface area contributed by atoms with Crippen LogP contribution in [-0.2, 0) is 0 Å². The van der Waals surface area contributed by atoms with E-state index in [4.69, 9.17) is 5.26 Å². The summed E-state index contributed by atoms with van der Waals surface area (Å²) < 4.78 is 0. The molecule has 0 aliphatic heterocycles. The second kappa shape index (κ2) is 4.13. The first-order valence-electron chi connectivity index (χ1n) is 5.76. The third-order valence-corrected chi connectivity index (χ3v) is 3.63. The second-order valence-corrected chi connectivity index (χ2v) is 4.91. The summed E-state index contributed by atoms with van der Waals surface area (Å²) in [5, 5.41) is 12.0. The summed E-state index contributed by atoms with van der Waals surface area (Å²) in [5.74, 6) is 1.59. The van der Waals surface area contributed by atoms with Gasteiger partial charge in [0.05, 0.1) is 5.56 Å². The highest BCUT2D eigenvalue weighted by Crippen LogP contribution is 2.51. The molecule has 1 fully saturated rings. The van der Waals surface area contributed by atoms with Crippen molar-refractivity contribution in [2.45, 2.75) is 26.7 Å². The van der Waals surface area contributed by atoms with Gasteiger partial charge in [-0.2, -0.15) is 5.26 Å². The van der Waals surface area contributed by atoms with Crippen LogP contribution in [0.1, 0.15) is 32.3 Å². The molecule has 0 saturated heterocycles. The molecular formula is C13H17N3. The van der Waals surface area contributed by atoms with Crippen molar-refractivity contribution < 1.29 is 0 Å².